The molecule has 1 aliphatic rings. The number of thioether (sulfide) groups is 1. The number of amides is 1. The van der Waals surface area contributed by atoms with Crippen LogP contribution in [0.15, 0.2) is 28.6 Å². The number of benzene rings is 1. The van der Waals surface area contributed by atoms with Crippen LogP contribution in [-0.2, 0) is 4.79 Å². The van der Waals surface area contributed by atoms with Crippen molar-refractivity contribution < 1.29 is 4.79 Å². The van der Waals surface area contributed by atoms with Gasteiger partial charge < -0.3 is 10.6 Å². The van der Waals surface area contributed by atoms with Crippen LogP contribution in [0.2, 0.25) is 5.02 Å². The Morgan fingerprint density at radius 2 is 1.96 bits per heavy atom. The minimum Gasteiger partial charge on any atom is -0.357 e. The summed E-state index contributed by atoms with van der Waals surface area (Å²) in [5.41, 5.74) is 0.735. The number of aromatic nitrogens is 2. The highest BCUT2D eigenvalue weighted by atomic mass is 35.5. The number of nitrogens with zero attached hydrogens (tertiary/aromatic N) is 2. The monoisotopic (exact) mass is 396 g/mol. The molecule has 0 spiro atoms. The zero-order valence-corrected chi connectivity index (χ0v) is 16.4. The minimum atomic E-state index is -0.258. The quantitative estimate of drug-likeness (QED) is 0.668. The summed E-state index contributed by atoms with van der Waals surface area (Å²) in [6, 6.07) is 7.58. The highest BCUT2D eigenvalue weighted by Crippen LogP contribution is 2.31. The Balaban J connectivity index is 1.51. The molecule has 5 nitrogen and oxygen atoms in total. The zero-order valence-electron chi connectivity index (χ0n) is 14.0. The van der Waals surface area contributed by atoms with Crippen LogP contribution in [0.1, 0.15) is 39.0 Å². The maximum absolute atomic E-state index is 12.3. The van der Waals surface area contributed by atoms with Gasteiger partial charge in [0, 0.05) is 16.8 Å². The van der Waals surface area contributed by atoms with Gasteiger partial charge in [-0.2, -0.15) is 0 Å². The maximum Gasteiger partial charge on any atom is 0.237 e. The molecule has 1 atom stereocenters. The number of carbonyl (C=O) groups is 1. The Hall–Kier alpha value is -1.31. The van der Waals surface area contributed by atoms with Crippen LogP contribution in [-0.4, -0.2) is 27.4 Å². The Morgan fingerprint density at radius 3 is 2.68 bits per heavy atom. The number of hydrogen-bond donors (Lipinski definition) is 2. The molecule has 8 heteroatoms. The Labute approximate surface area is 161 Å². The normalized spacial score (nSPS) is 16.4. The maximum atomic E-state index is 12.3. The van der Waals surface area contributed by atoms with Gasteiger partial charge in [-0.3, -0.25) is 4.79 Å². The molecule has 2 N–H and O–H groups in total. The van der Waals surface area contributed by atoms with E-state index in [4.69, 9.17) is 11.6 Å². The van der Waals surface area contributed by atoms with E-state index in [1.54, 1.807) is 24.3 Å². The van der Waals surface area contributed by atoms with Crippen LogP contribution in [0.5, 0.6) is 0 Å². The SMILES string of the molecule is C[C@@H](Sc1nnc(NC2CCCCC2)s1)C(=O)Nc1ccc(Cl)cc1. The van der Waals surface area contributed by atoms with Crippen LogP contribution in [0.3, 0.4) is 0 Å². The predicted octanol–water partition coefficient (Wildman–Crippen LogP) is 5.06. The minimum absolute atomic E-state index is 0.0655. The molecule has 1 aromatic carbocycles. The van der Waals surface area contributed by atoms with E-state index in [2.05, 4.69) is 20.8 Å². The highest BCUT2D eigenvalue weighted by Gasteiger charge is 2.19. The van der Waals surface area contributed by atoms with Gasteiger partial charge in [0.2, 0.25) is 11.0 Å². The van der Waals surface area contributed by atoms with Gasteiger partial charge in [0.15, 0.2) is 4.34 Å². The van der Waals surface area contributed by atoms with Gasteiger partial charge in [-0.25, -0.2) is 0 Å². The fourth-order valence-corrected chi connectivity index (χ4v) is 4.82. The van der Waals surface area contributed by atoms with Crippen molar-refractivity contribution in [1.29, 1.82) is 0 Å². The third-order valence-electron chi connectivity index (χ3n) is 4.10. The van der Waals surface area contributed by atoms with Gasteiger partial charge >= 0.3 is 0 Å². The molecule has 3 rings (SSSR count). The van der Waals surface area contributed by atoms with Crippen molar-refractivity contribution in [2.75, 3.05) is 10.6 Å². The predicted molar refractivity (Wildman–Crippen MR) is 106 cm³/mol. The van der Waals surface area contributed by atoms with Gasteiger partial charge in [-0.15, -0.1) is 10.2 Å². The molecule has 1 fully saturated rings. The number of carbonyl (C=O) groups excluding carboxylic acids is 1. The van der Waals surface area contributed by atoms with Gasteiger partial charge in [0.05, 0.1) is 5.25 Å². The van der Waals surface area contributed by atoms with Crippen LogP contribution in [0.4, 0.5) is 10.8 Å². The molecule has 25 heavy (non-hydrogen) atoms. The lowest BCUT2D eigenvalue weighted by atomic mass is 9.96. The third kappa shape index (κ3) is 5.59. The van der Waals surface area contributed by atoms with E-state index in [0.717, 1.165) is 15.2 Å². The summed E-state index contributed by atoms with van der Waals surface area (Å²) >= 11 is 8.79. The van der Waals surface area contributed by atoms with Crippen LogP contribution in [0, 0.1) is 0 Å². The van der Waals surface area contributed by atoms with E-state index in [0.29, 0.717) is 11.1 Å². The van der Waals surface area contributed by atoms with E-state index in [1.807, 2.05) is 6.92 Å². The largest absolute Gasteiger partial charge is 0.357 e. The van der Waals surface area contributed by atoms with Crippen molar-refractivity contribution in [1.82, 2.24) is 10.2 Å². The Kier molecular flexibility index (Phi) is 6.56. The molecule has 0 bridgehead atoms. The summed E-state index contributed by atoms with van der Waals surface area (Å²) < 4.78 is 0.803. The van der Waals surface area contributed by atoms with E-state index >= 15 is 0 Å². The molecule has 0 radical (unpaired) electrons. The lowest BCUT2D eigenvalue weighted by Gasteiger charge is -2.21. The first-order valence-electron chi connectivity index (χ1n) is 8.43. The van der Waals surface area contributed by atoms with E-state index in [9.17, 15) is 4.79 Å². The molecular formula is C17H21ClN4OS2. The van der Waals surface area contributed by atoms with Crippen molar-refractivity contribution in [3.63, 3.8) is 0 Å². The summed E-state index contributed by atoms with van der Waals surface area (Å²) in [7, 11) is 0. The fraction of sp³-hybridized carbons (Fsp3) is 0.471. The molecule has 0 aliphatic heterocycles. The molecule has 1 aliphatic carbocycles. The first-order valence-corrected chi connectivity index (χ1v) is 10.5. The van der Waals surface area contributed by atoms with Crippen molar-refractivity contribution in [3.05, 3.63) is 29.3 Å². The third-order valence-corrected chi connectivity index (χ3v) is 6.39. The molecule has 1 aromatic heterocycles. The molecule has 0 saturated heterocycles. The summed E-state index contributed by atoms with van der Waals surface area (Å²) in [6.45, 7) is 1.87. The standard InChI is InChI=1S/C17H21ClN4OS2/c1-11(15(23)19-14-9-7-12(18)8-10-14)24-17-22-21-16(25-17)20-13-5-3-2-4-6-13/h7-11,13H,2-6H2,1H3,(H,19,23)(H,20,21)/t11-/m1/s1. The van der Waals surface area contributed by atoms with Crippen molar-refractivity contribution in [2.45, 2.75) is 54.7 Å². The first-order chi connectivity index (χ1) is 12.1. The van der Waals surface area contributed by atoms with Gasteiger partial charge in [0.25, 0.3) is 0 Å². The first kappa shape index (κ1) is 18.5. The second-order valence-electron chi connectivity index (χ2n) is 6.11. The van der Waals surface area contributed by atoms with Crippen LogP contribution < -0.4 is 10.6 Å². The van der Waals surface area contributed by atoms with Gasteiger partial charge in [0.1, 0.15) is 0 Å². The van der Waals surface area contributed by atoms with Gasteiger partial charge in [-0.05, 0) is 44.0 Å². The molecule has 2 aromatic rings. The number of rotatable bonds is 6. The van der Waals surface area contributed by atoms with Crippen LogP contribution in [0.25, 0.3) is 0 Å². The van der Waals surface area contributed by atoms with Gasteiger partial charge in [-0.1, -0.05) is 54.0 Å². The number of hydrogen-bond acceptors (Lipinski definition) is 6. The highest BCUT2D eigenvalue weighted by molar-refractivity contribution is 8.02. The molecular weight excluding hydrogens is 376 g/mol. The molecule has 134 valence electrons. The average Bonchev–Trinajstić information content (AvgIpc) is 3.04. The zero-order chi connectivity index (χ0) is 17.6. The summed E-state index contributed by atoms with van der Waals surface area (Å²) in [5.74, 6) is -0.0655. The van der Waals surface area contributed by atoms with E-state index in [1.165, 1.54) is 55.2 Å². The second-order valence-corrected chi connectivity index (χ2v) is 9.11. The second kappa shape index (κ2) is 8.87. The van der Waals surface area contributed by atoms with Crippen molar-refractivity contribution >= 4 is 51.4 Å². The van der Waals surface area contributed by atoms with Crippen molar-refractivity contribution in [2.24, 2.45) is 0 Å². The summed E-state index contributed by atoms with van der Waals surface area (Å²) in [6.07, 6.45) is 6.28. The lowest BCUT2D eigenvalue weighted by Crippen LogP contribution is -2.22. The number of anilines is 2. The number of halogens is 1. The number of nitrogens with one attached hydrogen (secondary N) is 2. The van der Waals surface area contributed by atoms with E-state index in [-0.39, 0.29) is 11.2 Å². The lowest BCUT2D eigenvalue weighted by molar-refractivity contribution is -0.115. The van der Waals surface area contributed by atoms with Crippen molar-refractivity contribution in [3.8, 4) is 0 Å². The summed E-state index contributed by atoms with van der Waals surface area (Å²) in [4.78, 5) is 12.3. The molecule has 0 unspecified atom stereocenters. The average molecular weight is 397 g/mol. The molecule has 1 heterocycles. The van der Waals surface area contributed by atoms with E-state index < -0.39 is 0 Å². The smallest absolute Gasteiger partial charge is 0.237 e. The topological polar surface area (TPSA) is 66.9 Å². The fourth-order valence-electron chi connectivity index (χ4n) is 2.72. The molecule has 1 saturated carbocycles. The van der Waals surface area contributed by atoms with Crippen LogP contribution >= 0.6 is 34.7 Å². The Bertz CT molecular complexity index is 701. The summed E-state index contributed by atoms with van der Waals surface area (Å²) in [5, 5.41) is 16.0. The Morgan fingerprint density at radius 1 is 1.24 bits per heavy atom. The molecule has 1 amide bonds.